The molecule has 0 spiro atoms. The summed E-state index contributed by atoms with van der Waals surface area (Å²) < 4.78 is 2.22. The fraction of sp³-hybridized carbons (Fsp3) is 0.407. The van der Waals surface area contributed by atoms with E-state index in [-0.39, 0.29) is 17.6 Å². The second-order valence-electron chi connectivity index (χ2n) is 9.93. The molecule has 1 aromatic carbocycles. The Labute approximate surface area is 203 Å². The van der Waals surface area contributed by atoms with Crippen LogP contribution in [0.4, 0.5) is 0 Å². The van der Waals surface area contributed by atoms with Crippen LogP contribution in [-0.4, -0.2) is 44.2 Å². The molecule has 1 amide bonds. The number of halogens is 1. The minimum Gasteiger partial charge on any atom is -0.338 e. The third-order valence-electron chi connectivity index (χ3n) is 7.30. The van der Waals surface area contributed by atoms with Crippen LogP contribution in [-0.2, 0) is 16.1 Å². The second kappa shape index (κ2) is 8.35. The topological polar surface area (TPSA) is 68.1 Å². The van der Waals surface area contributed by atoms with E-state index in [1.165, 1.54) is 11.8 Å². The van der Waals surface area contributed by atoms with Crippen molar-refractivity contribution in [1.82, 2.24) is 19.4 Å². The van der Waals surface area contributed by atoms with Gasteiger partial charge in [0.15, 0.2) is 5.78 Å². The molecule has 3 aliphatic rings. The predicted molar refractivity (Wildman–Crippen MR) is 132 cm³/mol. The lowest BCUT2D eigenvalue weighted by Gasteiger charge is -2.38. The molecular weight excluding hydrogens is 448 g/mol. The maximum absolute atomic E-state index is 13.2. The van der Waals surface area contributed by atoms with Crippen LogP contribution in [0.25, 0.3) is 22.0 Å². The van der Waals surface area contributed by atoms with E-state index < -0.39 is 0 Å². The normalized spacial score (nSPS) is 18.2. The molecule has 0 radical (unpaired) electrons. The molecule has 2 saturated carbocycles. The number of carbonyl (C=O) groups excluding carboxylic acids is 2. The summed E-state index contributed by atoms with van der Waals surface area (Å²) in [5, 5.41) is 1.76. The Kier molecular flexibility index (Phi) is 5.29. The maximum atomic E-state index is 13.2. The van der Waals surface area contributed by atoms with Crippen LogP contribution in [0.15, 0.2) is 43.4 Å². The van der Waals surface area contributed by atoms with Crippen molar-refractivity contribution in [3.8, 4) is 11.1 Å². The highest BCUT2D eigenvalue weighted by atomic mass is 35.5. The van der Waals surface area contributed by atoms with Crippen LogP contribution in [0.3, 0.4) is 0 Å². The minimum atomic E-state index is -0.0609. The monoisotopic (exact) mass is 474 g/mol. The zero-order valence-corrected chi connectivity index (χ0v) is 19.8. The van der Waals surface area contributed by atoms with Crippen molar-refractivity contribution in [1.29, 1.82) is 0 Å². The van der Waals surface area contributed by atoms with Crippen LogP contribution in [0, 0.1) is 5.92 Å². The molecule has 3 heterocycles. The fourth-order valence-corrected chi connectivity index (χ4v) is 5.54. The van der Waals surface area contributed by atoms with Crippen LogP contribution in [0.2, 0.25) is 5.02 Å². The number of aromatic nitrogens is 3. The fourth-order valence-electron chi connectivity index (χ4n) is 5.37. The number of likely N-dealkylation sites (tertiary alicyclic amines) is 1. The lowest BCUT2D eigenvalue weighted by molar-refractivity contribution is -0.134. The Morgan fingerprint density at radius 2 is 1.91 bits per heavy atom. The number of hydrogen-bond acceptors (Lipinski definition) is 4. The Hall–Kier alpha value is -2.99. The molecule has 0 atom stereocenters. The van der Waals surface area contributed by atoms with Gasteiger partial charge in [0.25, 0.3) is 0 Å². The SMILES string of the molecule is C=CC(=O)N1CC(CC(=O)Cn2c(C3CC3)c(-c3cncnc3C3CC3)c3cc(Cl)ccc32)C1. The summed E-state index contributed by atoms with van der Waals surface area (Å²) in [7, 11) is 0. The molecule has 174 valence electrons. The first kappa shape index (κ1) is 21.5. The van der Waals surface area contributed by atoms with E-state index >= 15 is 0 Å². The van der Waals surface area contributed by atoms with E-state index in [1.807, 2.05) is 24.4 Å². The van der Waals surface area contributed by atoms with Gasteiger partial charge in [0.1, 0.15) is 6.33 Å². The largest absolute Gasteiger partial charge is 0.338 e. The van der Waals surface area contributed by atoms with Crippen molar-refractivity contribution in [3.63, 3.8) is 0 Å². The molecule has 2 aromatic heterocycles. The predicted octanol–water partition coefficient (Wildman–Crippen LogP) is 5.11. The van der Waals surface area contributed by atoms with Gasteiger partial charge in [-0.2, -0.15) is 0 Å². The van der Waals surface area contributed by atoms with Gasteiger partial charge in [-0.15, -0.1) is 0 Å². The number of rotatable bonds is 8. The number of Topliss-reactive ketones (excluding diaryl/α,β-unsaturated/α-hetero) is 1. The van der Waals surface area contributed by atoms with Crippen molar-refractivity contribution in [2.45, 2.75) is 50.5 Å². The molecule has 6 rings (SSSR count). The summed E-state index contributed by atoms with van der Waals surface area (Å²) in [6.07, 6.45) is 9.96. The van der Waals surface area contributed by atoms with Gasteiger partial charge in [0.05, 0.1) is 12.2 Å². The summed E-state index contributed by atoms with van der Waals surface area (Å²) in [5.74, 6) is 1.28. The molecule has 3 aromatic rings. The second-order valence-corrected chi connectivity index (χ2v) is 10.4. The van der Waals surface area contributed by atoms with E-state index in [0.717, 1.165) is 53.4 Å². The van der Waals surface area contributed by atoms with Gasteiger partial charge in [0.2, 0.25) is 5.91 Å². The molecule has 6 nitrogen and oxygen atoms in total. The highest BCUT2D eigenvalue weighted by Crippen LogP contribution is 2.51. The van der Waals surface area contributed by atoms with Crippen LogP contribution < -0.4 is 0 Å². The van der Waals surface area contributed by atoms with E-state index in [0.29, 0.717) is 42.9 Å². The highest BCUT2D eigenvalue weighted by Gasteiger charge is 2.37. The van der Waals surface area contributed by atoms with E-state index in [1.54, 1.807) is 11.2 Å². The molecular formula is C27H27ClN4O2. The summed E-state index contributed by atoms with van der Waals surface area (Å²) in [6, 6.07) is 5.96. The van der Waals surface area contributed by atoms with Gasteiger partial charge in [0, 0.05) is 70.3 Å². The number of ketones is 1. The first-order valence-electron chi connectivity index (χ1n) is 12.1. The summed E-state index contributed by atoms with van der Waals surface area (Å²) in [5.41, 5.74) is 5.62. The zero-order chi connectivity index (χ0) is 23.4. The summed E-state index contributed by atoms with van der Waals surface area (Å²) >= 11 is 6.46. The quantitative estimate of drug-likeness (QED) is 0.425. The number of fused-ring (bicyclic) bond motifs is 1. The smallest absolute Gasteiger partial charge is 0.245 e. The Morgan fingerprint density at radius 1 is 1.15 bits per heavy atom. The molecule has 34 heavy (non-hydrogen) atoms. The highest BCUT2D eigenvalue weighted by molar-refractivity contribution is 6.31. The lowest BCUT2D eigenvalue weighted by atomic mass is 9.94. The number of hydrogen-bond donors (Lipinski definition) is 0. The van der Waals surface area contributed by atoms with E-state index in [4.69, 9.17) is 11.6 Å². The molecule has 1 saturated heterocycles. The van der Waals surface area contributed by atoms with E-state index in [2.05, 4.69) is 21.1 Å². The summed E-state index contributed by atoms with van der Waals surface area (Å²) in [4.78, 5) is 35.7. The average Bonchev–Trinajstić information content (AvgIpc) is 3.73. The standard InChI is InChI=1S/C27H27ClN4O2/c1-2-24(34)31-12-16(13-31)9-20(33)14-32-23-8-7-19(28)10-21(23)25(27(32)18-5-6-18)22-11-29-15-30-26(22)17-3-4-17/h2,7-8,10-11,15-18H,1,3-6,9,12-14H2. The molecule has 2 aliphatic carbocycles. The number of carbonyl (C=O) groups is 2. The van der Waals surface area contributed by atoms with Crippen LogP contribution >= 0.6 is 11.6 Å². The molecule has 0 N–H and O–H groups in total. The van der Waals surface area contributed by atoms with Crippen molar-refractivity contribution >= 4 is 34.2 Å². The molecule has 0 unspecified atom stereocenters. The van der Waals surface area contributed by atoms with Gasteiger partial charge in [-0.05, 0) is 55.9 Å². The zero-order valence-electron chi connectivity index (χ0n) is 19.0. The Balaban J connectivity index is 1.38. The van der Waals surface area contributed by atoms with Crippen LogP contribution in [0.5, 0.6) is 0 Å². The molecule has 3 fully saturated rings. The van der Waals surface area contributed by atoms with Gasteiger partial charge in [-0.3, -0.25) is 9.59 Å². The Bertz CT molecular complexity index is 1320. The van der Waals surface area contributed by atoms with E-state index in [9.17, 15) is 9.59 Å². The van der Waals surface area contributed by atoms with Crippen molar-refractivity contribution < 1.29 is 9.59 Å². The summed E-state index contributed by atoms with van der Waals surface area (Å²) in [6.45, 7) is 5.14. The van der Waals surface area contributed by atoms with Gasteiger partial charge < -0.3 is 9.47 Å². The molecule has 1 aliphatic heterocycles. The third kappa shape index (κ3) is 3.84. The van der Waals surface area contributed by atoms with Gasteiger partial charge >= 0.3 is 0 Å². The van der Waals surface area contributed by atoms with Crippen molar-refractivity contribution in [2.24, 2.45) is 5.92 Å². The maximum Gasteiger partial charge on any atom is 0.245 e. The lowest BCUT2D eigenvalue weighted by Crippen LogP contribution is -2.50. The minimum absolute atomic E-state index is 0.0609. The number of nitrogens with zero attached hydrogens (tertiary/aromatic N) is 4. The number of amides is 1. The van der Waals surface area contributed by atoms with Crippen molar-refractivity contribution in [3.05, 3.63) is 59.8 Å². The first-order chi connectivity index (χ1) is 16.5. The third-order valence-corrected chi connectivity index (χ3v) is 7.54. The molecule has 7 heteroatoms. The first-order valence-corrected chi connectivity index (χ1v) is 12.5. The van der Waals surface area contributed by atoms with Gasteiger partial charge in [-0.25, -0.2) is 9.97 Å². The molecule has 0 bridgehead atoms. The number of benzene rings is 1. The Morgan fingerprint density at radius 3 is 2.62 bits per heavy atom. The van der Waals surface area contributed by atoms with Crippen LogP contribution in [0.1, 0.15) is 55.3 Å². The van der Waals surface area contributed by atoms with Crippen molar-refractivity contribution in [2.75, 3.05) is 13.1 Å². The van der Waals surface area contributed by atoms with Gasteiger partial charge in [-0.1, -0.05) is 18.2 Å². The average molecular weight is 475 g/mol.